The molecule has 0 aliphatic carbocycles. The second-order valence-corrected chi connectivity index (χ2v) is 8.19. The lowest BCUT2D eigenvalue weighted by molar-refractivity contribution is 0.352. The van der Waals surface area contributed by atoms with Crippen molar-refractivity contribution in [3.63, 3.8) is 0 Å². The Labute approximate surface area is 183 Å². The SMILES string of the molecule is C=CCc1cc(CNC(=NC)NC2CCN(c3cccs3)CC2)cc(OC)c1OC. The Bertz CT molecular complexity index is 843. The highest BCUT2D eigenvalue weighted by Crippen LogP contribution is 2.33. The van der Waals surface area contributed by atoms with Crippen molar-refractivity contribution in [2.45, 2.75) is 31.8 Å². The Morgan fingerprint density at radius 3 is 2.70 bits per heavy atom. The zero-order chi connectivity index (χ0) is 21.3. The minimum atomic E-state index is 0.425. The van der Waals surface area contributed by atoms with Gasteiger partial charge in [0.25, 0.3) is 0 Å². The number of nitrogens with zero attached hydrogens (tertiary/aromatic N) is 2. The highest BCUT2D eigenvalue weighted by Gasteiger charge is 2.20. The summed E-state index contributed by atoms with van der Waals surface area (Å²) in [5.74, 6) is 2.32. The molecular weight excluding hydrogens is 396 g/mol. The molecule has 0 atom stereocenters. The quantitative estimate of drug-likeness (QED) is 0.380. The van der Waals surface area contributed by atoms with Crippen molar-refractivity contribution in [1.29, 1.82) is 0 Å². The van der Waals surface area contributed by atoms with Gasteiger partial charge in [-0.2, -0.15) is 0 Å². The Morgan fingerprint density at radius 2 is 2.10 bits per heavy atom. The number of guanidine groups is 1. The molecule has 1 saturated heterocycles. The molecule has 1 fully saturated rings. The van der Waals surface area contributed by atoms with Gasteiger partial charge in [-0.15, -0.1) is 17.9 Å². The average Bonchev–Trinajstić information content (AvgIpc) is 3.32. The second kappa shape index (κ2) is 10.9. The summed E-state index contributed by atoms with van der Waals surface area (Å²) in [5, 5.41) is 10.5. The van der Waals surface area contributed by atoms with Crippen LogP contribution in [0.4, 0.5) is 5.00 Å². The fourth-order valence-electron chi connectivity index (χ4n) is 3.78. The molecule has 30 heavy (non-hydrogen) atoms. The summed E-state index contributed by atoms with van der Waals surface area (Å²) in [6.45, 7) is 6.63. The molecule has 0 unspecified atom stereocenters. The van der Waals surface area contributed by atoms with Crippen LogP contribution in [-0.4, -0.2) is 46.4 Å². The number of benzene rings is 1. The monoisotopic (exact) mass is 428 g/mol. The molecule has 2 aromatic rings. The van der Waals surface area contributed by atoms with Crippen LogP contribution in [0.15, 0.2) is 47.3 Å². The third kappa shape index (κ3) is 5.48. The van der Waals surface area contributed by atoms with Crippen LogP contribution < -0.4 is 25.0 Å². The second-order valence-electron chi connectivity index (χ2n) is 7.27. The third-order valence-corrected chi connectivity index (χ3v) is 6.25. The van der Waals surface area contributed by atoms with Gasteiger partial charge in [0.15, 0.2) is 17.5 Å². The molecule has 1 aromatic carbocycles. The van der Waals surface area contributed by atoms with E-state index in [1.54, 1.807) is 14.2 Å². The van der Waals surface area contributed by atoms with Gasteiger partial charge in [-0.25, -0.2) is 0 Å². The fourth-order valence-corrected chi connectivity index (χ4v) is 4.57. The molecule has 1 aliphatic rings. The van der Waals surface area contributed by atoms with E-state index >= 15 is 0 Å². The van der Waals surface area contributed by atoms with Gasteiger partial charge in [-0.3, -0.25) is 4.99 Å². The van der Waals surface area contributed by atoms with E-state index in [0.29, 0.717) is 12.6 Å². The Kier molecular flexibility index (Phi) is 8.02. The number of rotatable bonds is 8. The van der Waals surface area contributed by atoms with Gasteiger partial charge in [0, 0.05) is 38.3 Å². The molecular formula is C23H32N4O2S. The molecule has 0 bridgehead atoms. The van der Waals surface area contributed by atoms with Crippen LogP contribution in [-0.2, 0) is 13.0 Å². The van der Waals surface area contributed by atoms with Crippen molar-refractivity contribution in [1.82, 2.24) is 10.6 Å². The Hall–Kier alpha value is -2.67. The summed E-state index contributed by atoms with van der Waals surface area (Å²) >= 11 is 1.81. The number of allylic oxidation sites excluding steroid dienone is 1. The fraction of sp³-hybridized carbons (Fsp3) is 0.435. The largest absolute Gasteiger partial charge is 0.493 e. The van der Waals surface area contributed by atoms with Crippen LogP contribution >= 0.6 is 11.3 Å². The van der Waals surface area contributed by atoms with Crippen LogP contribution in [0.2, 0.25) is 0 Å². The number of piperidine rings is 1. The summed E-state index contributed by atoms with van der Waals surface area (Å²) in [7, 11) is 5.14. The lowest BCUT2D eigenvalue weighted by Gasteiger charge is -2.33. The molecule has 7 heteroatoms. The number of methoxy groups -OCH3 is 2. The van der Waals surface area contributed by atoms with Crippen molar-refractivity contribution < 1.29 is 9.47 Å². The average molecular weight is 429 g/mol. The van der Waals surface area contributed by atoms with Crippen molar-refractivity contribution in [3.05, 3.63) is 53.4 Å². The summed E-state index contributed by atoms with van der Waals surface area (Å²) in [4.78, 5) is 6.87. The predicted molar refractivity (Wildman–Crippen MR) is 126 cm³/mol. The first-order chi connectivity index (χ1) is 14.7. The number of hydrogen-bond donors (Lipinski definition) is 2. The maximum Gasteiger partial charge on any atom is 0.191 e. The van der Waals surface area contributed by atoms with Gasteiger partial charge >= 0.3 is 0 Å². The van der Waals surface area contributed by atoms with Crippen LogP contribution in [0.3, 0.4) is 0 Å². The van der Waals surface area contributed by atoms with E-state index in [4.69, 9.17) is 9.47 Å². The molecule has 162 valence electrons. The molecule has 6 nitrogen and oxygen atoms in total. The molecule has 2 heterocycles. The standard InChI is InChI=1S/C23H32N4O2S/c1-5-7-18-14-17(15-20(28-3)22(18)29-4)16-25-23(24-2)26-19-9-11-27(12-10-19)21-8-6-13-30-21/h5-6,8,13-15,19H,1,7,9-12,16H2,2-4H3,(H2,24,25,26). The maximum atomic E-state index is 5.53. The van der Waals surface area contributed by atoms with Gasteiger partial charge in [-0.1, -0.05) is 6.08 Å². The lowest BCUT2D eigenvalue weighted by atomic mass is 10.0. The Morgan fingerprint density at radius 1 is 1.30 bits per heavy atom. The number of aliphatic imine (C=N–C) groups is 1. The van der Waals surface area contributed by atoms with E-state index in [1.165, 1.54) is 5.00 Å². The topological polar surface area (TPSA) is 58.1 Å². The molecule has 3 rings (SSSR count). The molecule has 0 amide bonds. The van der Waals surface area contributed by atoms with E-state index in [-0.39, 0.29) is 0 Å². The van der Waals surface area contributed by atoms with Crippen molar-refractivity contribution in [2.75, 3.05) is 39.3 Å². The first-order valence-corrected chi connectivity index (χ1v) is 11.2. The van der Waals surface area contributed by atoms with Crippen molar-refractivity contribution in [2.24, 2.45) is 4.99 Å². The van der Waals surface area contributed by atoms with Gasteiger partial charge in [0.2, 0.25) is 0 Å². The molecule has 2 N–H and O–H groups in total. The molecule has 1 aliphatic heterocycles. The van der Waals surface area contributed by atoms with Crippen molar-refractivity contribution >= 4 is 22.3 Å². The van der Waals surface area contributed by atoms with Crippen LogP contribution in [0.1, 0.15) is 24.0 Å². The minimum Gasteiger partial charge on any atom is -0.493 e. The molecule has 0 radical (unpaired) electrons. The smallest absolute Gasteiger partial charge is 0.191 e. The Balaban J connectivity index is 1.57. The van der Waals surface area contributed by atoms with Gasteiger partial charge in [0.05, 0.1) is 19.2 Å². The van der Waals surface area contributed by atoms with Gasteiger partial charge in [0.1, 0.15) is 0 Å². The minimum absolute atomic E-state index is 0.425. The zero-order valence-electron chi connectivity index (χ0n) is 18.1. The van der Waals surface area contributed by atoms with E-state index in [1.807, 2.05) is 30.5 Å². The normalized spacial score (nSPS) is 15.0. The maximum absolute atomic E-state index is 5.53. The molecule has 1 aromatic heterocycles. The highest BCUT2D eigenvalue weighted by molar-refractivity contribution is 7.14. The first-order valence-electron chi connectivity index (χ1n) is 10.3. The van der Waals surface area contributed by atoms with Crippen molar-refractivity contribution in [3.8, 4) is 11.5 Å². The molecule has 0 saturated carbocycles. The van der Waals surface area contributed by atoms with Crippen LogP contribution in [0, 0.1) is 0 Å². The van der Waals surface area contributed by atoms with E-state index < -0.39 is 0 Å². The van der Waals surface area contributed by atoms with Gasteiger partial charge < -0.3 is 25.0 Å². The van der Waals surface area contributed by atoms with Crippen LogP contribution in [0.25, 0.3) is 0 Å². The van der Waals surface area contributed by atoms with E-state index in [2.05, 4.69) is 50.7 Å². The zero-order valence-corrected chi connectivity index (χ0v) is 18.9. The highest BCUT2D eigenvalue weighted by atomic mass is 32.1. The number of ether oxygens (including phenoxy) is 2. The summed E-state index contributed by atoms with van der Waals surface area (Å²) in [6, 6.07) is 8.87. The number of thiophene rings is 1. The van der Waals surface area contributed by atoms with E-state index in [9.17, 15) is 0 Å². The number of hydrogen-bond acceptors (Lipinski definition) is 5. The van der Waals surface area contributed by atoms with Gasteiger partial charge in [-0.05, 0) is 54.5 Å². The first kappa shape index (κ1) is 22.0. The number of anilines is 1. The summed E-state index contributed by atoms with van der Waals surface area (Å²) in [5.41, 5.74) is 2.17. The summed E-state index contributed by atoms with van der Waals surface area (Å²) in [6.07, 6.45) is 4.79. The van der Waals surface area contributed by atoms with Crippen LogP contribution in [0.5, 0.6) is 11.5 Å². The predicted octanol–water partition coefficient (Wildman–Crippen LogP) is 3.83. The third-order valence-electron chi connectivity index (χ3n) is 5.32. The molecule has 0 spiro atoms. The van der Waals surface area contributed by atoms with E-state index in [0.717, 1.165) is 60.9 Å². The lowest BCUT2D eigenvalue weighted by Crippen LogP contribution is -2.48. The summed E-state index contributed by atoms with van der Waals surface area (Å²) < 4.78 is 11.0. The number of nitrogens with one attached hydrogen (secondary N) is 2.